The normalized spacial score (nSPS) is 16.9. The average Bonchev–Trinajstić information content (AvgIpc) is 4.17. The van der Waals surface area contributed by atoms with Crippen LogP contribution in [0.1, 0.15) is 83.1 Å². The van der Waals surface area contributed by atoms with Crippen LogP contribution in [0, 0.1) is 0 Å². The van der Waals surface area contributed by atoms with Gasteiger partial charge in [0, 0.05) is 18.7 Å². The van der Waals surface area contributed by atoms with Crippen LogP contribution in [0.15, 0.2) is 115 Å². The number of methoxy groups -OCH3 is 2. The van der Waals surface area contributed by atoms with E-state index in [9.17, 15) is 24.0 Å². The fourth-order valence-corrected chi connectivity index (χ4v) is 8.44. The van der Waals surface area contributed by atoms with Gasteiger partial charge < -0.3 is 45.6 Å². The number of hydrogen-bond donors (Lipinski definition) is 5. The van der Waals surface area contributed by atoms with Gasteiger partial charge in [0.05, 0.1) is 43.9 Å². The highest BCUT2D eigenvalue weighted by molar-refractivity contribution is 5.97. The van der Waals surface area contributed by atoms with Crippen molar-refractivity contribution in [1.29, 1.82) is 0 Å². The molecule has 2 fully saturated rings. The maximum absolute atomic E-state index is 14.0. The van der Waals surface area contributed by atoms with Gasteiger partial charge in [-0.2, -0.15) is 0 Å². The number of benzene rings is 4. The Kier molecular flexibility index (Phi) is 12.3. The summed E-state index contributed by atoms with van der Waals surface area (Å²) in [5.74, 6) is -0.185. The molecule has 2 aliphatic rings. The van der Waals surface area contributed by atoms with Crippen LogP contribution in [-0.2, 0) is 19.1 Å². The molecule has 4 aromatic carbocycles. The molecule has 0 bridgehead atoms. The molecule has 2 aliphatic heterocycles. The van der Waals surface area contributed by atoms with Crippen molar-refractivity contribution in [3.8, 4) is 33.6 Å². The number of carbonyl (C=O) groups excluding carboxylic acids is 5. The molecular formula is C47H47N9O7. The summed E-state index contributed by atoms with van der Waals surface area (Å²) in [6.07, 6.45) is 3.14. The van der Waals surface area contributed by atoms with Crippen LogP contribution < -0.4 is 16.4 Å². The maximum Gasteiger partial charge on any atom is 0.407 e. The molecule has 6 N–H and O–H groups in total. The van der Waals surface area contributed by atoms with Gasteiger partial charge in [-0.05, 0) is 53.5 Å². The summed E-state index contributed by atoms with van der Waals surface area (Å²) in [6, 6.07) is 31.0. The predicted molar refractivity (Wildman–Crippen MR) is 232 cm³/mol. The fraction of sp³-hybridized carbons (Fsp3) is 0.255. The Balaban J connectivity index is 0.970. The van der Waals surface area contributed by atoms with E-state index in [2.05, 4.69) is 30.6 Å². The molecule has 0 saturated carbocycles. The first-order valence-electron chi connectivity index (χ1n) is 20.7. The molecule has 8 rings (SSSR count). The van der Waals surface area contributed by atoms with E-state index in [1.165, 1.54) is 14.2 Å². The fourth-order valence-electron chi connectivity index (χ4n) is 8.44. The van der Waals surface area contributed by atoms with Crippen molar-refractivity contribution in [3.05, 3.63) is 144 Å². The molecule has 2 aromatic heterocycles. The van der Waals surface area contributed by atoms with Gasteiger partial charge in [-0.15, -0.1) is 0 Å². The van der Waals surface area contributed by atoms with Crippen molar-refractivity contribution < 1.29 is 33.4 Å². The number of nitrogens with zero attached hydrogens (tertiary/aromatic N) is 4. The highest BCUT2D eigenvalue weighted by atomic mass is 16.5. The Morgan fingerprint density at radius 2 is 1.10 bits per heavy atom. The van der Waals surface area contributed by atoms with Crippen LogP contribution in [-0.4, -0.2) is 87.0 Å². The van der Waals surface area contributed by atoms with Crippen molar-refractivity contribution in [3.63, 3.8) is 0 Å². The lowest BCUT2D eigenvalue weighted by atomic mass is 10.0. The zero-order valence-corrected chi connectivity index (χ0v) is 34.7. The first-order valence-corrected chi connectivity index (χ1v) is 20.7. The summed E-state index contributed by atoms with van der Waals surface area (Å²) in [4.78, 5) is 84.7. The third-order valence-corrected chi connectivity index (χ3v) is 11.6. The molecule has 6 aromatic rings. The number of primary amides is 1. The van der Waals surface area contributed by atoms with Crippen molar-refractivity contribution in [2.75, 3.05) is 27.3 Å². The first-order chi connectivity index (χ1) is 30.6. The Hall–Kier alpha value is -7.75. The van der Waals surface area contributed by atoms with E-state index in [1.54, 1.807) is 52.4 Å². The van der Waals surface area contributed by atoms with Gasteiger partial charge in [-0.3, -0.25) is 14.4 Å². The van der Waals surface area contributed by atoms with E-state index in [-0.39, 0.29) is 23.6 Å². The summed E-state index contributed by atoms with van der Waals surface area (Å²) in [7, 11) is 2.51. The SMILES string of the molecule is COC(=O)N[C@@H](C(=O)N1CCCC1c1nc(C(N)=O)c(-c2ccc(-c3ccc(-c4cnc([C@@H]5CCCN5C(=O)[C@H](NC(=O)OC)c5ccccc5)[nH]4)cc3)cc2)[nH]1)c1ccccc1. The number of imidazole rings is 2. The van der Waals surface area contributed by atoms with Crippen LogP contribution in [0.25, 0.3) is 33.6 Å². The third kappa shape index (κ3) is 8.87. The van der Waals surface area contributed by atoms with Gasteiger partial charge in [-0.1, -0.05) is 109 Å². The number of H-pyrrole nitrogens is 2. The van der Waals surface area contributed by atoms with Crippen molar-refractivity contribution in [2.24, 2.45) is 5.73 Å². The molecule has 63 heavy (non-hydrogen) atoms. The highest BCUT2D eigenvalue weighted by Crippen LogP contribution is 2.37. The number of likely N-dealkylation sites (tertiary alicyclic amines) is 2. The minimum absolute atomic E-state index is 0.0617. The molecule has 0 radical (unpaired) electrons. The smallest absolute Gasteiger partial charge is 0.407 e. The second-order valence-electron chi connectivity index (χ2n) is 15.4. The molecule has 5 amide bonds. The van der Waals surface area contributed by atoms with Gasteiger partial charge in [0.25, 0.3) is 17.7 Å². The molecule has 0 aliphatic carbocycles. The Morgan fingerprint density at radius 3 is 1.57 bits per heavy atom. The van der Waals surface area contributed by atoms with E-state index >= 15 is 0 Å². The number of ether oxygens (including phenoxy) is 2. The van der Waals surface area contributed by atoms with Gasteiger partial charge in [0.1, 0.15) is 23.7 Å². The minimum atomic E-state index is -0.985. The number of carbonyl (C=O) groups is 5. The van der Waals surface area contributed by atoms with Crippen LogP contribution in [0.3, 0.4) is 0 Å². The van der Waals surface area contributed by atoms with Gasteiger partial charge in [0.2, 0.25) is 0 Å². The zero-order valence-electron chi connectivity index (χ0n) is 34.7. The topological polar surface area (TPSA) is 218 Å². The van der Waals surface area contributed by atoms with Crippen LogP contribution >= 0.6 is 0 Å². The number of rotatable bonds is 12. The lowest BCUT2D eigenvalue weighted by Gasteiger charge is -2.28. The quantitative estimate of drug-likeness (QED) is 0.0878. The number of aromatic nitrogens is 4. The van der Waals surface area contributed by atoms with Crippen molar-refractivity contribution in [2.45, 2.75) is 49.9 Å². The lowest BCUT2D eigenvalue weighted by Crippen LogP contribution is -2.42. The van der Waals surface area contributed by atoms with E-state index in [1.807, 2.05) is 72.8 Å². The number of nitrogens with one attached hydrogen (secondary N) is 4. The number of nitrogens with two attached hydrogens (primary N) is 1. The molecule has 4 heterocycles. The average molecular weight is 850 g/mol. The standard InChI is InChI=1S/C47H47N9O7/c1-62-46(60)53-38(31-11-5-3-6-12-31)44(58)55-25-9-15-35(55)42-49-27-34(50-42)30-21-17-28(18-22-30)29-19-23-33(24-20-29)37-40(41(48)57)52-43(51-37)36-16-10-26-56(36)45(59)39(54-47(61)63-2)32-13-7-4-8-14-32/h3-8,11-14,17-24,27,35-36,38-39H,9-10,15-16,25-26H2,1-2H3,(H2,48,57)(H,49,50)(H,51,52)(H,53,60)(H,54,61)/t35-,36?,38+,39+/m0/s1. The second-order valence-corrected chi connectivity index (χ2v) is 15.4. The lowest BCUT2D eigenvalue weighted by molar-refractivity contribution is -0.135. The van der Waals surface area contributed by atoms with E-state index in [4.69, 9.17) is 15.2 Å². The Bertz CT molecular complexity index is 2600. The zero-order chi connectivity index (χ0) is 44.0. The van der Waals surface area contributed by atoms with Crippen LogP contribution in [0.5, 0.6) is 0 Å². The summed E-state index contributed by atoms with van der Waals surface area (Å²) >= 11 is 0. The highest BCUT2D eigenvalue weighted by Gasteiger charge is 2.39. The van der Waals surface area contributed by atoms with Crippen LogP contribution in [0.2, 0.25) is 0 Å². The molecule has 1 unspecified atom stereocenters. The summed E-state index contributed by atoms with van der Waals surface area (Å²) in [5.41, 5.74) is 11.9. The minimum Gasteiger partial charge on any atom is -0.453 e. The molecule has 16 heteroatoms. The predicted octanol–water partition coefficient (Wildman–Crippen LogP) is 6.75. The van der Waals surface area contributed by atoms with Crippen molar-refractivity contribution >= 4 is 29.9 Å². The molecule has 2 saturated heterocycles. The number of aromatic amines is 2. The molecule has 16 nitrogen and oxygen atoms in total. The van der Waals surface area contributed by atoms with E-state index < -0.39 is 36.2 Å². The van der Waals surface area contributed by atoms with E-state index in [0.29, 0.717) is 60.0 Å². The Morgan fingerprint density at radius 1 is 0.635 bits per heavy atom. The first kappa shape index (κ1) is 42.0. The number of alkyl carbamates (subject to hydrolysis) is 2. The number of amides is 5. The van der Waals surface area contributed by atoms with Gasteiger partial charge >= 0.3 is 12.2 Å². The summed E-state index contributed by atoms with van der Waals surface area (Å²) in [5, 5.41) is 5.36. The summed E-state index contributed by atoms with van der Waals surface area (Å²) in [6.45, 7) is 0.956. The largest absolute Gasteiger partial charge is 0.453 e. The number of hydrogen-bond acceptors (Lipinski definition) is 9. The molecular weight excluding hydrogens is 803 g/mol. The third-order valence-electron chi connectivity index (χ3n) is 11.6. The van der Waals surface area contributed by atoms with Gasteiger partial charge in [-0.25, -0.2) is 19.6 Å². The molecule has 322 valence electrons. The molecule has 4 atom stereocenters. The monoisotopic (exact) mass is 849 g/mol. The van der Waals surface area contributed by atoms with Crippen molar-refractivity contribution in [1.82, 2.24) is 40.4 Å². The maximum atomic E-state index is 14.0. The second kappa shape index (κ2) is 18.5. The van der Waals surface area contributed by atoms with Gasteiger partial charge in [0.15, 0.2) is 5.69 Å². The molecule has 0 spiro atoms. The van der Waals surface area contributed by atoms with E-state index in [0.717, 1.165) is 35.2 Å². The van der Waals surface area contributed by atoms with Crippen LogP contribution in [0.4, 0.5) is 9.59 Å². The summed E-state index contributed by atoms with van der Waals surface area (Å²) < 4.78 is 9.64. The Labute approximate surface area is 363 Å².